The number of benzene rings is 2. The molecule has 0 bridgehead atoms. The predicted octanol–water partition coefficient (Wildman–Crippen LogP) is 4.28. The van der Waals surface area contributed by atoms with Crippen LogP contribution in [0.3, 0.4) is 0 Å². The Morgan fingerprint density at radius 3 is 2.00 bits per heavy atom. The van der Waals surface area contributed by atoms with Gasteiger partial charge in [0.05, 0.1) is 13.2 Å². The van der Waals surface area contributed by atoms with Crippen molar-refractivity contribution >= 4 is 18.0 Å². The Morgan fingerprint density at radius 2 is 1.53 bits per heavy atom. The quantitative estimate of drug-likeness (QED) is 0.639. The maximum absolute atomic E-state index is 13.1. The molecule has 6 heteroatoms. The maximum Gasteiger partial charge on any atom is 0.418 e. The van der Waals surface area contributed by atoms with E-state index in [0.717, 1.165) is 11.1 Å². The second-order valence-corrected chi connectivity index (χ2v) is 7.72. The number of imide groups is 1. The maximum atomic E-state index is 13.1. The molecule has 158 valence electrons. The van der Waals surface area contributed by atoms with Crippen molar-refractivity contribution in [3.8, 4) is 0 Å². The van der Waals surface area contributed by atoms with Gasteiger partial charge in [-0.25, -0.2) is 9.69 Å². The van der Waals surface area contributed by atoms with E-state index in [9.17, 15) is 14.4 Å². The van der Waals surface area contributed by atoms with Gasteiger partial charge in [0.2, 0.25) is 5.91 Å². The minimum absolute atomic E-state index is 0.0626. The Labute approximate surface area is 176 Å². The van der Waals surface area contributed by atoms with Gasteiger partial charge in [-0.1, -0.05) is 74.5 Å². The fourth-order valence-electron chi connectivity index (χ4n) is 4.17. The van der Waals surface area contributed by atoms with Gasteiger partial charge in [-0.3, -0.25) is 9.59 Å². The van der Waals surface area contributed by atoms with Gasteiger partial charge in [-0.05, 0) is 12.3 Å². The van der Waals surface area contributed by atoms with Crippen LogP contribution in [-0.2, 0) is 24.7 Å². The van der Waals surface area contributed by atoms with Crippen molar-refractivity contribution in [2.24, 2.45) is 5.92 Å². The first-order valence-corrected chi connectivity index (χ1v) is 10.1. The summed E-state index contributed by atoms with van der Waals surface area (Å²) in [7, 11) is 1.31. The van der Waals surface area contributed by atoms with Crippen molar-refractivity contribution in [2.45, 2.75) is 44.8 Å². The lowest BCUT2D eigenvalue weighted by Crippen LogP contribution is -2.49. The fraction of sp³-hybridized carbons (Fsp3) is 0.375. The molecule has 2 aromatic rings. The zero-order chi connectivity index (χ0) is 21.7. The number of nitrogens with zero attached hydrogens (tertiary/aromatic N) is 1. The second-order valence-electron chi connectivity index (χ2n) is 7.72. The summed E-state index contributed by atoms with van der Waals surface area (Å²) in [5.74, 6) is -0.798. The summed E-state index contributed by atoms with van der Waals surface area (Å²) in [6, 6.07) is 18.5. The number of amides is 2. The van der Waals surface area contributed by atoms with E-state index >= 15 is 0 Å². The average Bonchev–Trinajstić information content (AvgIpc) is 3.09. The summed E-state index contributed by atoms with van der Waals surface area (Å²) in [4.78, 5) is 38.7. The van der Waals surface area contributed by atoms with Gasteiger partial charge in [-0.2, -0.15) is 0 Å². The molecule has 1 aliphatic heterocycles. The number of carbonyl (C=O) groups is 3. The third-order valence-corrected chi connectivity index (χ3v) is 5.44. The van der Waals surface area contributed by atoms with Crippen LogP contribution in [0.1, 0.15) is 44.2 Å². The smallest absolute Gasteiger partial charge is 0.418 e. The van der Waals surface area contributed by atoms with Crippen molar-refractivity contribution in [2.75, 3.05) is 7.11 Å². The first-order chi connectivity index (χ1) is 14.4. The Balaban J connectivity index is 2.03. The van der Waals surface area contributed by atoms with Gasteiger partial charge in [-0.15, -0.1) is 0 Å². The van der Waals surface area contributed by atoms with Crippen LogP contribution in [0, 0.1) is 5.92 Å². The highest BCUT2D eigenvalue weighted by Crippen LogP contribution is 2.47. The normalized spacial score (nSPS) is 17.7. The standard InChI is InChI=1S/C24H27NO5/c1-17(2)22-24(18-11-6-4-7-12-18,19-13-8-5-9-14-19)30-23(28)25(22)20(26)15-10-16-21(27)29-3/h4-9,11-14,17,22H,10,15-16H2,1-3H3. The van der Waals surface area contributed by atoms with Gasteiger partial charge in [0, 0.05) is 24.0 Å². The Bertz CT molecular complexity index is 855. The third-order valence-electron chi connectivity index (χ3n) is 5.44. The molecule has 3 rings (SSSR count). The molecule has 30 heavy (non-hydrogen) atoms. The summed E-state index contributed by atoms with van der Waals surface area (Å²) >= 11 is 0. The number of rotatable bonds is 7. The summed E-state index contributed by atoms with van der Waals surface area (Å²) in [6.07, 6.45) is -0.166. The Kier molecular flexibility index (Phi) is 6.55. The minimum atomic E-state index is -1.11. The molecular formula is C24H27NO5. The van der Waals surface area contributed by atoms with Crippen molar-refractivity contribution in [1.29, 1.82) is 0 Å². The molecule has 1 saturated heterocycles. The van der Waals surface area contributed by atoms with Crippen LogP contribution in [0.25, 0.3) is 0 Å². The van der Waals surface area contributed by atoms with Crippen LogP contribution < -0.4 is 0 Å². The lowest BCUT2D eigenvalue weighted by Gasteiger charge is -2.37. The number of hydrogen-bond donors (Lipinski definition) is 0. The minimum Gasteiger partial charge on any atom is -0.469 e. The number of hydrogen-bond acceptors (Lipinski definition) is 5. The molecule has 0 N–H and O–H groups in total. The Hall–Kier alpha value is -3.15. The van der Waals surface area contributed by atoms with Crippen LogP contribution in [0.5, 0.6) is 0 Å². The van der Waals surface area contributed by atoms with Crippen molar-refractivity contribution in [3.05, 3.63) is 71.8 Å². The topological polar surface area (TPSA) is 72.9 Å². The van der Waals surface area contributed by atoms with E-state index < -0.39 is 17.7 Å². The van der Waals surface area contributed by atoms with Gasteiger partial charge in [0.1, 0.15) is 0 Å². The summed E-state index contributed by atoms with van der Waals surface area (Å²) < 4.78 is 10.7. The highest BCUT2D eigenvalue weighted by Gasteiger charge is 2.59. The molecule has 0 spiro atoms. The summed E-state index contributed by atoms with van der Waals surface area (Å²) in [5, 5.41) is 0. The molecule has 1 fully saturated rings. The van der Waals surface area contributed by atoms with Gasteiger partial charge in [0.25, 0.3) is 0 Å². The van der Waals surface area contributed by atoms with E-state index in [1.165, 1.54) is 12.0 Å². The highest BCUT2D eigenvalue weighted by molar-refractivity contribution is 5.95. The highest BCUT2D eigenvalue weighted by atomic mass is 16.6. The molecular weight excluding hydrogens is 382 g/mol. The molecule has 0 aliphatic carbocycles. The first kappa shape index (κ1) is 21.6. The van der Waals surface area contributed by atoms with Gasteiger partial charge >= 0.3 is 12.1 Å². The summed E-state index contributed by atoms with van der Waals surface area (Å²) in [6.45, 7) is 3.95. The molecule has 2 amide bonds. The molecule has 2 aromatic carbocycles. The number of cyclic esters (lactones) is 1. The summed E-state index contributed by atoms with van der Waals surface area (Å²) in [5.41, 5.74) is 0.521. The molecule has 0 radical (unpaired) electrons. The van der Waals surface area contributed by atoms with E-state index in [4.69, 9.17) is 4.74 Å². The van der Waals surface area contributed by atoms with Crippen LogP contribution in [0.15, 0.2) is 60.7 Å². The van der Waals surface area contributed by atoms with Gasteiger partial charge < -0.3 is 9.47 Å². The molecule has 1 heterocycles. The number of carbonyl (C=O) groups excluding carboxylic acids is 3. The van der Waals surface area contributed by atoms with Crippen LogP contribution in [0.2, 0.25) is 0 Å². The molecule has 0 saturated carbocycles. The number of esters is 1. The lowest BCUT2D eigenvalue weighted by atomic mass is 9.75. The molecule has 1 atom stereocenters. The van der Waals surface area contributed by atoms with Crippen molar-refractivity contribution in [1.82, 2.24) is 4.90 Å². The second kappa shape index (κ2) is 9.11. The third kappa shape index (κ3) is 3.95. The largest absolute Gasteiger partial charge is 0.469 e. The van der Waals surface area contributed by atoms with Gasteiger partial charge in [0.15, 0.2) is 5.60 Å². The monoisotopic (exact) mass is 409 g/mol. The van der Waals surface area contributed by atoms with E-state index in [2.05, 4.69) is 4.74 Å². The fourth-order valence-corrected chi connectivity index (χ4v) is 4.17. The predicted molar refractivity (Wildman–Crippen MR) is 111 cm³/mol. The first-order valence-electron chi connectivity index (χ1n) is 10.1. The van der Waals surface area contributed by atoms with Crippen molar-refractivity contribution in [3.63, 3.8) is 0 Å². The van der Waals surface area contributed by atoms with Crippen LogP contribution >= 0.6 is 0 Å². The van der Waals surface area contributed by atoms with Crippen LogP contribution in [0.4, 0.5) is 4.79 Å². The SMILES string of the molecule is COC(=O)CCCC(=O)N1C(=O)OC(c2ccccc2)(c2ccccc2)C1C(C)C. The molecule has 1 aliphatic rings. The van der Waals surface area contributed by atoms with E-state index in [0.29, 0.717) is 6.42 Å². The molecule has 1 unspecified atom stereocenters. The Morgan fingerprint density at radius 1 is 1.00 bits per heavy atom. The van der Waals surface area contributed by atoms with E-state index in [1.807, 2.05) is 74.5 Å². The zero-order valence-corrected chi connectivity index (χ0v) is 17.5. The lowest BCUT2D eigenvalue weighted by molar-refractivity contribution is -0.140. The zero-order valence-electron chi connectivity index (χ0n) is 17.5. The van der Waals surface area contributed by atoms with E-state index in [1.54, 1.807) is 0 Å². The molecule has 0 aromatic heterocycles. The average molecular weight is 409 g/mol. The van der Waals surface area contributed by atoms with Crippen LogP contribution in [-0.4, -0.2) is 36.0 Å². The number of methoxy groups -OCH3 is 1. The van der Waals surface area contributed by atoms with E-state index in [-0.39, 0.29) is 30.6 Å². The number of ether oxygens (including phenoxy) is 2. The van der Waals surface area contributed by atoms with Crippen molar-refractivity contribution < 1.29 is 23.9 Å². The molecule has 6 nitrogen and oxygen atoms in total.